The molecule has 19 heavy (non-hydrogen) atoms. The van der Waals surface area contributed by atoms with Gasteiger partial charge in [0, 0.05) is 5.92 Å². The van der Waals surface area contributed by atoms with Crippen LogP contribution in [0.15, 0.2) is 18.2 Å². The third kappa shape index (κ3) is 3.45. The summed E-state index contributed by atoms with van der Waals surface area (Å²) in [4.78, 5) is 4.75. The van der Waals surface area contributed by atoms with E-state index in [1.54, 1.807) is 11.3 Å². The van der Waals surface area contributed by atoms with Crippen LogP contribution in [0.2, 0.25) is 0 Å². The number of benzene rings is 1. The lowest BCUT2D eigenvalue weighted by Gasteiger charge is -2.06. The molecule has 3 nitrogen and oxygen atoms in total. The average molecular weight is 278 g/mol. The van der Waals surface area contributed by atoms with Crippen LogP contribution in [0.25, 0.3) is 10.2 Å². The number of rotatable bonds is 7. The third-order valence-corrected chi connectivity index (χ3v) is 4.54. The summed E-state index contributed by atoms with van der Waals surface area (Å²) in [7, 11) is 0. The average Bonchev–Trinajstić information content (AvgIpc) is 2.87. The number of hydrogen-bond acceptors (Lipinski definition) is 4. The molecule has 0 aliphatic rings. The molecular weight excluding hydrogens is 256 g/mol. The number of para-hydroxylation sites is 1. The second kappa shape index (κ2) is 6.87. The molecule has 0 aliphatic carbocycles. The number of nitrogens with two attached hydrogens (primary N) is 1. The monoisotopic (exact) mass is 278 g/mol. The van der Waals surface area contributed by atoms with Crippen LogP contribution in [0.3, 0.4) is 0 Å². The van der Waals surface area contributed by atoms with Crippen LogP contribution >= 0.6 is 11.3 Å². The van der Waals surface area contributed by atoms with Crippen molar-refractivity contribution < 1.29 is 4.74 Å². The van der Waals surface area contributed by atoms with Crippen LogP contribution < -0.4 is 10.5 Å². The number of unbranched alkanes of at least 4 members (excludes halogenated alkanes) is 1. The van der Waals surface area contributed by atoms with E-state index >= 15 is 0 Å². The predicted molar refractivity (Wildman–Crippen MR) is 82.1 cm³/mol. The summed E-state index contributed by atoms with van der Waals surface area (Å²) >= 11 is 1.78. The van der Waals surface area contributed by atoms with Crippen molar-refractivity contribution in [1.82, 2.24) is 4.98 Å². The zero-order valence-corrected chi connectivity index (χ0v) is 12.5. The first-order valence-corrected chi connectivity index (χ1v) is 7.80. The molecule has 1 aromatic carbocycles. The van der Waals surface area contributed by atoms with Gasteiger partial charge in [-0.2, -0.15) is 0 Å². The van der Waals surface area contributed by atoms with Gasteiger partial charge in [0.25, 0.3) is 0 Å². The molecule has 2 rings (SSSR count). The quantitative estimate of drug-likeness (QED) is 0.781. The van der Waals surface area contributed by atoms with E-state index in [1.807, 2.05) is 12.1 Å². The second-order valence-electron chi connectivity index (χ2n) is 4.81. The standard InChI is InChI=1S/C15H22N2OS/c1-3-11(2)15-17-14-12(18-10-5-4-9-16)7-6-8-13(14)19-15/h6-8,11H,3-5,9-10,16H2,1-2H3. The van der Waals surface area contributed by atoms with E-state index in [4.69, 9.17) is 15.5 Å². The molecule has 1 atom stereocenters. The van der Waals surface area contributed by atoms with Crippen molar-refractivity contribution in [2.75, 3.05) is 13.2 Å². The summed E-state index contributed by atoms with van der Waals surface area (Å²) < 4.78 is 7.05. The molecule has 0 spiro atoms. The van der Waals surface area contributed by atoms with Gasteiger partial charge in [-0.25, -0.2) is 4.98 Å². The lowest BCUT2D eigenvalue weighted by molar-refractivity contribution is 0.311. The SMILES string of the molecule is CCC(C)c1nc2c(OCCCCN)cccc2s1. The second-order valence-corrected chi connectivity index (χ2v) is 5.87. The number of aromatic nitrogens is 1. The maximum atomic E-state index is 5.84. The normalized spacial score (nSPS) is 12.8. The molecular formula is C15H22N2OS. The van der Waals surface area contributed by atoms with Gasteiger partial charge in [-0.15, -0.1) is 11.3 Å². The Bertz CT molecular complexity index is 524. The molecule has 0 aliphatic heterocycles. The molecule has 2 N–H and O–H groups in total. The number of fused-ring (bicyclic) bond motifs is 1. The van der Waals surface area contributed by atoms with Crippen LogP contribution in [-0.2, 0) is 0 Å². The van der Waals surface area contributed by atoms with Crippen molar-refractivity contribution in [1.29, 1.82) is 0 Å². The minimum atomic E-state index is 0.516. The number of thiazole rings is 1. The summed E-state index contributed by atoms with van der Waals surface area (Å²) in [5.41, 5.74) is 6.49. The van der Waals surface area contributed by atoms with E-state index in [0.717, 1.165) is 37.1 Å². The maximum absolute atomic E-state index is 5.84. The van der Waals surface area contributed by atoms with E-state index < -0.39 is 0 Å². The van der Waals surface area contributed by atoms with E-state index in [9.17, 15) is 0 Å². The Morgan fingerprint density at radius 2 is 2.21 bits per heavy atom. The molecule has 2 aromatic rings. The van der Waals surface area contributed by atoms with E-state index in [2.05, 4.69) is 19.9 Å². The Morgan fingerprint density at radius 1 is 1.37 bits per heavy atom. The summed E-state index contributed by atoms with van der Waals surface area (Å²) in [6, 6.07) is 6.16. The van der Waals surface area contributed by atoms with Gasteiger partial charge in [0.05, 0.1) is 16.3 Å². The van der Waals surface area contributed by atoms with Crippen molar-refractivity contribution in [3.63, 3.8) is 0 Å². The van der Waals surface area contributed by atoms with Gasteiger partial charge in [-0.3, -0.25) is 0 Å². The fraction of sp³-hybridized carbons (Fsp3) is 0.533. The zero-order valence-electron chi connectivity index (χ0n) is 11.7. The number of ether oxygens (including phenoxy) is 1. The summed E-state index contributed by atoms with van der Waals surface area (Å²) in [5, 5.41) is 1.20. The van der Waals surface area contributed by atoms with Crippen LogP contribution in [0.5, 0.6) is 5.75 Å². The van der Waals surface area contributed by atoms with Crippen molar-refractivity contribution >= 4 is 21.6 Å². The van der Waals surface area contributed by atoms with Crippen LogP contribution in [0, 0.1) is 0 Å². The summed E-state index contributed by atoms with van der Waals surface area (Å²) in [6.07, 6.45) is 3.12. The molecule has 1 unspecified atom stereocenters. The molecule has 1 heterocycles. The Balaban J connectivity index is 2.17. The lowest BCUT2D eigenvalue weighted by atomic mass is 10.1. The smallest absolute Gasteiger partial charge is 0.146 e. The van der Waals surface area contributed by atoms with Gasteiger partial charge in [-0.05, 0) is 37.9 Å². The fourth-order valence-electron chi connectivity index (χ4n) is 1.87. The number of nitrogens with zero attached hydrogens (tertiary/aromatic N) is 1. The van der Waals surface area contributed by atoms with Gasteiger partial charge in [0.1, 0.15) is 11.3 Å². The Morgan fingerprint density at radius 3 is 2.95 bits per heavy atom. The topological polar surface area (TPSA) is 48.1 Å². The van der Waals surface area contributed by atoms with Crippen molar-refractivity contribution in [3.05, 3.63) is 23.2 Å². The molecule has 4 heteroatoms. The van der Waals surface area contributed by atoms with Gasteiger partial charge in [0.15, 0.2) is 0 Å². The molecule has 0 saturated heterocycles. The van der Waals surface area contributed by atoms with Crippen molar-refractivity contribution in [2.24, 2.45) is 5.73 Å². The van der Waals surface area contributed by atoms with Crippen molar-refractivity contribution in [2.45, 2.75) is 39.0 Å². The largest absolute Gasteiger partial charge is 0.491 e. The highest BCUT2D eigenvalue weighted by atomic mass is 32.1. The van der Waals surface area contributed by atoms with Gasteiger partial charge in [0.2, 0.25) is 0 Å². The Hall–Kier alpha value is -1.13. The summed E-state index contributed by atoms with van der Waals surface area (Å²) in [5.74, 6) is 1.42. The Kier molecular flexibility index (Phi) is 5.16. The highest BCUT2D eigenvalue weighted by Crippen LogP contribution is 2.33. The first kappa shape index (κ1) is 14.3. The van der Waals surface area contributed by atoms with E-state index in [-0.39, 0.29) is 0 Å². The minimum absolute atomic E-state index is 0.516. The van der Waals surface area contributed by atoms with Crippen LogP contribution in [-0.4, -0.2) is 18.1 Å². The first-order chi connectivity index (χ1) is 9.26. The van der Waals surface area contributed by atoms with E-state index in [1.165, 1.54) is 9.71 Å². The van der Waals surface area contributed by atoms with E-state index in [0.29, 0.717) is 12.5 Å². The van der Waals surface area contributed by atoms with Gasteiger partial charge >= 0.3 is 0 Å². The zero-order chi connectivity index (χ0) is 13.7. The lowest BCUT2D eigenvalue weighted by Crippen LogP contribution is -2.03. The maximum Gasteiger partial charge on any atom is 0.146 e. The first-order valence-electron chi connectivity index (χ1n) is 6.98. The van der Waals surface area contributed by atoms with Gasteiger partial charge in [-0.1, -0.05) is 19.9 Å². The Labute approximate surface area is 118 Å². The minimum Gasteiger partial charge on any atom is -0.491 e. The third-order valence-electron chi connectivity index (χ3n) is 3.29. The fourth-order valence-corrected chi connectivity index (χ4v) is 2.99. The molecule has 0 fully saturated rings. The summed E-state index contributed by atoms with van der Waals surface area (Å²) in [6.45, 7) is 5.86. The molecule has 0 saturated carbocycles. The highest BCUT2D eigenvalue weighted by Gasteiger charge is 2.12. The van der Waals surface area contributed by atoms with Crippen LogP contribution in [0.1, 0.15) is 44.0 Å². The predicted octanol–water partition coefficient (Wildman–Crippen LogP) is 3.93. The highest BCUT2D eigenvalue weighted by molar-refractivity contribution is 7.18. The number of hydrogen-bond donors (Lipinski definition) is 1. The molecule has 0 bridgehead atoms. The van der Waals surface area contributed by atoms with Crippen LogP contribution in [0.4, 0.5) is 0 Å². The molecule has 0 radical (unpaired) electrons. The molecule has 104 valence electrons. The van der Waals surface area contributed by atoms with Crippen molar-refractivity contribution in [3.8, 4) is 5.75 Å². The molecule has 0 amide bonds. The molecule has 1 aromatic heterocycles. The van der Waals surface area contributed by atoms with Gasteiger partial charge < -0.3 is 10.5 Å².